The van der Waals surface area contributed by atoms with Crippen LogP contribution in [-0.4, -0.2) is 80.5 Å². The number of urea groups is 1. The van der Waals surface area contributed by atoms with Gasteiger partial charge in [0.15, 0.2) is 0 Å². The van der Waals surface area contributed by atoms with E-state index in [9.17, 15) is 31.2 Å². The standard InChI is InChI=1S/C19H29F3N6O4S.C10H10N2O/c20-19(21,22)17-25-15(27-8-1-2-9-27)12-16(26-17)28-10-5-14(6-11-28)4-3-7-23-18(29)24-13-33(30,31)32;11-7-10-3-1-9(2-4-10)5-6-12-8-13/h12,14H,1-11,13H2,(H2,23,24,29)(H,30,31,32);1-4,8H,5-6H2,(H,12,13). The zero-order chi connectivity index (χ0) is 33.6. The van der Waals surface area contributed by atoms with Crippen LogP contribution in [-0.2, 0) is 27.5 Å². The fourth-order valence-electron chi connectivity index (χ4n) is 5.10. The van der Waals surface area contributed by atoms with E-state index < -0.39 is 34.0 Å². The number of aromatic nitrogens is 2. The average Bonchev–Trinajstić information content (AvgIpc) is 3.58. The molecule has 0 aliphatic carbocycles. The van der Waals surface area contributed by atoms with E-state index in [1.54, 1.807) is 18.2 Å². The molecule has 4 N–H and O–H groups in total. The van der Waals surface area contributed by atoms with Gasteiger partial charge in [-0.25, -0.2) is 14.8 Å². The number of hydrogen-bond acceptors (Lipinski definition) is 9. The van der Waals surface area contributed by atoms with E-state index in [0.29, 0.717) is 75.2 Å². The van der Waals surface area contributed by atoms with Crippen LogP contribution >= 0.6 is 0 Å². The predicted molar refractivity (Wildman–Crippen MR) is 165 cm³/mol. The highest BCUT2D eigenvalue weighted by atomic mass is 32.2. The fraction of sp³-hybridized carbons (Fsp3) is 0.552. The third-order valence-corrected chi connectivity index (χ3v) is 8.04. The van der Waals surface area contributed by atoms with Gasteiger partial charge >= 0.3 is 12.2 Å². The normalized spacial score (nSPS) is 15.4. The van der Waals surface area contributed by atoms with Crippen molar-refractivity contribution in [2.24, 2.45) is 5.92 Å². The van der Waals surface area contributed by atoms with Crippen molar-refractivity contribution in [1.82, 2.24) is 25.9 Å². The molecule has 2 aliphatic rings. The Morgan fingerprint density at radius 3 is 2.17 bits per heavy atom. The summed E-state index contributed by atoms with van der Waals surface area (Å²) in [6, 6.07) is 10.4. The van der Waals surface area contributed by atoms with Gasteiger partial charge in [-0.3, -0.25) is 9.35 Å². The van der Waals surface area contributed by atoms with Gasteiger partial charge in [-0.2, -0.15) is 26.9 Å². The van der Waals surface area contributed by atoms with Gasteiger partial charge in [0.05, 0.1) is 11.6 Å². The van der Waals surface area contributed by atoms with E-state index in [1.165, 1.54) is 0 Å². The number of hydrogen-bond donors (Lipinski definition) is 4. The molecule has 46 heavy (non-hydrogen) atoms. The number of piperidine rings is 1. The van der Waals surface area contributed by atoms with Crippen LogP contribution in [0.25, 0.3) is 0 Å². The van der Waals surface area contributed by atoms with Gasteiger partial charge in [-0.05, 0) is 68.6 Å². The Hall–Kier alpha value is -4.17. The molecule has 0 bridgehead atoms. The van der Waals surface area contributed by atoms with Crippen molar-refractivity contribution in [3.63, 3.8) is 0 Å². The molecule has 13 nitrogen and oxygen atoms in total. The molecule has 1 aromatic carbocycles. The third kappa shape index (κ3) is 12.7. The molecule has 252 valence electrons. The number of nitrogens with one attached hydrogen (secondary N) is 3. The largest absolute Gasteiger partial charge is 0.451 e. The van der Waals surface area contributed by atoms with Crippen molar-refractivity contribution in [3.05, 3.63) is 47.3 Å². The van der Waals surface area contributed by atoms with E-state index in [-0.39, 0.29) is 0 Å². The minimum atomic E-state index is -4.61. The van der Waals surface area contributed by atoms with E-state index in [0.717, 1.165) is 44.1 Å². The average molecular weight is 669 g/mol. The lowest BCUT2D eigenvalue weighted by Crippen LogP contribution is -2.39. The highest BCUT2D eigenvalue weighted by molar-refractivity contribution is 7.85. The molecular formula is C29H39F3N8O5S. The van der Waals surface area contributed by atoms with Crippen molar-refractivity contribution in [2.45, 2.75) is 51.1 Å². The van der Waals surface area contributed by atoms with Crippen LogP contribution < -0.4 is 25.8 Å². The van der Waals surface area contributed by atoms with Crippen molar-refractivity contribution >= 4 is 34.2 Å². The molecule has 0 radical (unpaired) electrons. The lowest BCUT2D eigenvalue weighted by Gasteiger charge is -2.33. The summed E-state index contributed by atoms with van der Waals surface area (Å²) in [6.07, 6.45) is 1.82. The molecule has 3 amide bonds. The maximum Gasteiger partial charge on any atom is 0.451 e. The highest BCUT2D eigenvalue weighted by Crippen LogP contribution is 2.33. The van der Waals surface area contributed by atoms with Gasteiger partial charge in [0.25, 0.3) is 10.1 Å². The summed E-state index contributed by atoms with van der Waals surface area (Å²) in [7, 11) is -4.26. The van der Waals surface area contributed by atoms with Crippen LogP contribution in [0, 0.1) is 17.2 Å². The van der Waals surface area contributed by atoms with Crippen LogP contribution in [0.5, 0.6) is 0 Å². The number of amides is 3. The van der Waals surface area contributed by atoms with E-state index in [2.05, 4.69) is 20.6 Å². The molecule has 2 aromatic rings. The summed E-state index contributed by atoms with van der Waals surface area (Å²) in [4.78, 5) is 32.7. The fourth-order valence-corrected chi connectivity index (χ4v) is 5.42. The Morgan fingerprint density at radius 2 is 1.63 bits per heavy atom. The summed E-state index contributed by atoms with van der Waals surface area (Å²) in [5.41, 5.74) is 1.78. The molecule has 2 fully saturated rings. The van der Waals surface area contributed by atoms with Crippen LogP contribution in [0.4, 0.5) is 29.6 Å². The molecule has 2 saturated heterocycles. The number of carbonyl (C=O) groups is 2. The number of nitriles is 1. The topological polar surface area (TPSA) is 181 Å². The molecule has 3 heterocycles. The summed E-state index contributed by atoms with van der Waals surface area (Å²) in [5, 5.41) is 15.7. The Bertz CT molecular complexity index is 1420. The first kappa shape index (κ1) is 36.3. The van der Waals surface area contributed by atoms with Crippen LogP contribution in [0.3, 0.4) is 0 Å². The second-order valence-corrected chi connectivity index (χ2v) is 12.4. The maximum absolute atomic E-state index is 13.4. The number of alkyl halides is 3. The summed E-state index contributed by atoms with van der Waals surface area (Å²) in [5.74, 6) is -0.969. The summed E-state index contributed by atoms with van der Waals surface area (Å²) >= 11 is 0. The van der Waals surface area contributed by atoms with Crippen molar-refractivity contribution < 1.29 is 35.7 Å². The minimum Gasteiger partial charge on any atom is -0.358 e. The second kappa shape index (κ2) is 17.5. The summed E-state index contributed by atoms with van der Waals surface area (Å²) in [6.45, 7) is 3.53. The Kier molecular flexibility index (Phi) is 13.8. The molecule has 0 atom stereocenters. The summed E-state index contributed by atoms with van der Waals surface area (Å²) < 4.78 is 69.9. The first-order valence-electron chi connectivity index (χ1n) is 15.0. The number of benzene rings is 1. The smallest absolute Gasteiger partial charge is 0.358 e. The highest BCUT2D eigenvalue weighted by Gasteiger charge is 2.37. The van der Waals surface area contributed by atoms with Crippen molar-refractivity contribution in [2.75, 3.05) is 54.9 Å². The van der Waals surface area contributed by atoms with Gasteiger partial charge in [-0.1, -0.05) is 12.1 Å². The second-order valence-electron chi connectivity index (χ2n) is 11.0. The number of halogens is 3. The zero-order valence-corrected chi connectivity index (χ0v) is 26.1. The predicted octanol–water partition coefficient (Wildman–Crippen LogP) is 3.08. The monoisotopic (exact) mass is 668 g/mol. The molecular weight excluding hydrogens is 629 g/mol. The number of nitrogens with zero attached hydrogens (tertiary/aromatic N) is 5. The maximum atomic E-state index is 13.4. The molecule has 0 unspecified atom stereocenters. The molecule has 17 heteroatoms. The number of carbonyl (C=O) groups excluding carboxylic acids is 2. The molecule has 0 spiro atoms. The van der Waals surface area contributed by atoms with E-state index >= 15 is 0 Å². The Morgan fingerprint density at radius 1 is 1.02 bits per heavy atom. The minimum absolute atomic E-state index is 0.301. The van der Waals surface area contributed by atoms with E-state index in [4.69, 9.17) is 9.81 Å². The lowest BCUT2D eigenvalue weighted by molar-refractivity contribution is -0.144. The first-order chi connectivity index (χ1) is 21.9. The van der Waals surface area contributed by atoms with Crippen LogP contribution in [0.15, 0.2) is 30.3 Å². The molecule has 1 aromatic heterocycles. The van der Waals surface area contributed by atoms with E-state index in [1.807, 2.05) is 33.3 Å². The Labute approximate surface area is 266 Å². The lowest BCUT2D eigenvalue weighted by atomic mass is 9.92. The van der Waals surface area contributed by atoms with Crippen molar-refractivity contribution in [3.8, 4) is 6.07 Å². The third-order valence-electron chi connectivity index (χ3n) is 7.54. The van der Waals surface area contributed by atoms with Gasteiger partial charge < -0.3 is 25.8 Å². The van der Waals surface area contributed by atoms with Crippen LogP contribution in [0.2, 0.25) is 0 Å². The SMILES string of the molecule is N#Cc1ccc(CCNC=O)cc1.O=C(NCCCC1CCN(c2cc(N3CCCC3)nc(C(F)(F)F)n2)CC1)NCS(=O)(=O)O. The molecule has 2 aliphatic heterocycles. The Balaban J connectivity index is 0.000000370. The number of rotatable bonds is 12. The van der Waals surface area contributed by atoms with Crippen LogP contribution in [0.1, 0.15) is 55.5 Å². The van der Waals surface area contributed by atoms with Gasteiger partial charge in [-0.15, -0.1) is 0 Å². The van der Waals surface area contributed by atoms with Gasteiger partial charge in [0.2, 0.25) is 12.2 Å². The molecule has 4 rings (SSSR count). The van der Waals surface area contributed by atoms with Gasteiger partial charge in [0, 0.05) is 45.3 Å². The first-order valence-corrected chi connectivity index (χ1v) is 16.6. The van der Waals surface area contributed by atoms with Gasteiger partial charge in [0.1, 0.15) is 17.5 Å². The molecule has 0 saturated carbocycles. The quantitative estimate of drug-likeness (QED) is 0.149. The van der Waals surface area contributed by atoms with Crippen molar-refractivity contribution in [1.29, 1.82) is 5.26 Å². The zero-order valence-electron chi connectivity index (χ0n) is 25.3. The number of anilines is 2.